The summed E-state index contributed by atoms with van der Waals surface area (Å²) in [6, 6.07) is 29.4. The molecule has 5 aromatic rings. The van der Waals surface area contributed by atoms with Crippen LogP contribution in [-0.2, 0) is 0 Å². The molecule has 7 heteroatoms. The van der Waals surface area contributed by atoms with E-state index in [1.807, 2.05) is 10.9 Å². The molecule has 6 rings (SSSR count). The van der Waals surface area contributed by atoms with Crippen molar-refractivity contribution in [3.05, 3.63) is 114 Å². The third kappa shape index (κ3) is 4.71. The number of piperazine rings is 1. The molecular formula is C29H29N7. The number of fused-ring (bicyclic) bond motifs is 1. The Morgan fingerprint density at radius 2 is 1.64 bits per heavy atom. The number of hydrogen-bond acceptors (Lipinski definition) is 5. The average Bonchev–Trinajstić information content (AvgIpc) is 3.60. The molecule has 0 radical (unpaired) electrons. The van der Waals surface area contributed by atoms with Crippen molar-refractivity contribution in [2.24, 2.45) is 0 Å². The van der Waals surface area contributed by atoms with Crippen molar-refractivity contribution in [3.63, 3.8) is 0 Å². The minimum Gasteiger partial charge on any atom is -0.361 e. The van der Waals surface area contributed by atoms with Gasteiger partial charge in [-0.25, -0.2) is 0 Å². The van der Waals surface area contributed by atoms with E-state index in [2.05, 4.69) is 127 Å². The summed E-state index contributed by atoms with van der Waals surface area (Å²) in [4.78, 5) is 8.26. The van der Waals surface area contributed by atoms with Gasteiger partial charge in [-0.2, -0.15) is 4.68 Å². The Morgan fingerprint density at radius 3 is 2.44 bits per heavy atom. The number of benzene rings is 3. The van der Waals surface area contributed by atoms with E-state index < -0.39 is 0 Å². The van der Waals surface area contributed by atoms with Crippen molar-refractivity contribution in [3.8, 4) is 5.69 Å². The summed E-state index contributed by atoms with van der Waals surface area (Å²) in [5, 5.41) is 14.2. The van der Waals surface area contributed by atoms with Crippen LogP contribution in [0.15, 0.2) is 97.2 Å². The summed E-state index contributed by atoms with van der Waals surface area (Å²) >= 11 is 0. The molecule has 3 heterocycles. The smallest absolute Gasteiger partial charge is 0.178 e. The molecule has 0 spiro atoms. The molecule has 0 unspecified atom stereocenters. The Balaban J connectivity index is 1.23. The van der Waals surface area contributed by atoms with Gasteiger partial charge in [0.25, 0.3) is 0 Å². The molecule has 0 saturated carbocycles. The summed E-state index contributed by atoms with van der Waals surface area (Å²) in [5.74, 6) is 0.841. The maximum Gasteiger partial charge on any atom is 0.178 e. The Morgan fingerprint density at radius 1 is 0.861 bits per heavy atom. The Hall–Kier alpha value is -4.07. The van der Waals surface area contributed by atoms with Gasteiger partial charge in [0.05, 0.1) is 11.7 Å². The summed E-state index contributed by atoms with van der Waals surface area (Å²) in [6.45, 7) is 4.84. The zero-order valence-corrected chi connectivity index (χ0v) is 20.1. The molecule has 1 aliphatic heterocycles. The molecule has 180 valence electrons. The van der Waals surface area contributed by atoms with E-state index in [1.54, 1.807) is 0 Å². The first-order chi connectivity index (χ1) is 17.8. The van der Waals surface area contributed by atoms with Gasteiger partial charge in [-0.3, -0.25) is 9.80 Å². The molecule has 0 aliphatic carbocycles. The molecule has 0 amide bonds. The van der Waals surface area contributed by atoms with Gasteiger partial charge in [-0.05, 0) is 45.8 Å². The number of tetrazole rings is 1. The summed E-state index contributed by atoms with van der Waals surface area (Å²) in [7, 11) is 0. The number of aromatic nitrogens is 5. The lowest BCUT2D eigenvalue weighted by atomic mass is 10.0. The average molecular weight is 476 g/mol. The van der Waals surface area contributed by atoms with Crippen molar-refractivity contribution in [1.82, 2.24) is 35.0 Å². The summed E-state index contributed by atoms with van der Waals surface area (Å²) in [6.07, 6.45) is 6.42. The van der Waals surface area contributed by atoms with Gasteiger partial charge in [0.15, 0.2) is 5.82 Å². The molecule has 2 aromatic heterocycles. The van der Waals surface area contributed by atoms with Crippen LogP contribution >= 0.6 is 0 Å². The van der Waals surface area contributed by atoms with Crippen LogP contribution in [0, 0.1) is 0 Å². The maximum absolute atomic E-state index is 4.54. The van der Waals surface area contributed by atoms with E-state index in [0.717, 1.165) is 55.1 Å². The molecule has 36 heavy (non-hydrogen) atoms. The van der Waals surface area contributed by atoms with Crippen LogP contribution in [0.4, 0.5) is 0 Å². The number of aromatic amines is 1. The fraction of sp³-hybridized carbons (Fsp3) is 0.207. The molecular weight excluding hydrogens is 446 g/mol. The van der Waals surface area contributed by atoms with Crippen LogP contribution < -0.4 is 0 Å². The highest BCUT2D eigenvalue weighted by molar-refractivity contribution is 5.81. The second kappa shape index (κ2) is 10.3. The molecule has 1 atom stereocenters. The molecule has 1 fully saturated rings. The normalized spacial score (nSPS) is 16.1. The topological polar surface area (TPSA) is 65.9 Å². The first kappa shape index (κ1) is 22.4. The molecule has 1 aliphatic rings. The Labute approximate surface area is 210 Å². The molecule has 1 saturated heterocycles. The van der Waals surface area contributed by atoms with Gasteiger partial charge in [0.1, 0.15) is 0 Å². The molecule has 0 bridgehead atoms. The predicted octanol–water partition coefficient (Wildman–Crippen LogP) is 4.56. The first-order valence-electron chi connectivity index (χ1n) is 12.4. The zero-order valence-electron chi connectivity index (χ0n) is 20.1. The van der Waals surface area contributed by atoms with Crippen LogP contribution in [-0.4, -0.2) is 67.7 Å². The molecule has 7 nitrogen and oxygen atoms in total. The van der Waals surface area contributed by atoms with Crippen LogP contribution in [0.3, 0.4) is 0 Å². The standard InChI is InChI=1S/C29H29N7/c1-3-8-23(9-4-1)10-7-17-34-18-20-35(21-19-34)28(24-11-5-2-6-12-24)29-31-32-33-36(29)26-13-14-27-25(22-26)15-16-30-27/h1-16,22,28,30H,17-21H2/t28-/m1/s1. The number of nitrogens with zero attached hydrogens (tertiary/aromatic N) is 6. The Kier molecular flexibility index (Phi) is 6.39. The van der Waals surface area contributed by atoms with Gasteiger partial charge >= 0.3 is 0 Å². The van der Waals surface area contributed by atoms with E-state index >= 15 is 0 Å². The third-order valence-corrected chi connectivity index (χ3v) is 6.88. The minimum atomic E-state index is -0.0230. The fourth-order valence-corrected chi connectivity index (χ4v) is 4.99. The second-order valence-corrected chi connectivity index (χ2v) is 9.16. The van der Waals surface area contributed by atoms with Gasteiger partial charge < -0.3 is 4.98 Å². The lowest BCUT2D eigenvalue weighted by molar-refractivity contribution is 0.113. The van der Waals surface area contributed by atoms with Crippen molar-refractivity contribution in [1.29, 1.82) is 0 Å². The lowest BCUT2D eigenvalue weighted by Gasteiger charge is -2.38. The van der Waals surface area contributed by atoms with Crippen molar-refractivity contribution in [2.45, 2.75) is 6.04 Å². The zero-order chi connectivity index (χ0) is 24.2. The summed E-state index contributed by atoms with van der Waals surface area (Å²) in [5.41, 5.74) is 4.51. The monoisotopic (exact) mass is 475 g/mol. The van der Waals surface area contributed by atoms with Crippen LogP contribution in [0.2, 0.25) is 0 Å². The fourth-order valence-electron chi connectivity index (χ4n) is 4.99. The van der Waals surface area contributed by atoms with Gasteiger partial charge in [0.2, 0.25) is 0 Å². The van der Waals surface area contributed by atoms with E-state index in [0.29, 0.717) is 0 Å². The van der Waals surface area contributed by atoms with Crippen LogP contribution in [0.5, 0.6) is 0 Å². The van der Waals surface area contributed by atoms with E-state index in [9.17, 15) is 0 Å². The maximum atomic E-state index is 4.54. The number of rotatable bonds is 7. The number of nitrogens with one attached hydrogen (secondary N) is 1. The van der Waals surface area contributed by atoms with Crippen molar-refractivity contribution in [2.75, 3.05) is 32.7 Å². The molecule has 3 aromatic carbocycles. The quantitative estimate of drug-likeness (QED) is 0.374. The highest BCUT2D eigenvalue weighted by atomic mass is 15.6. The van der Waals surface area contributed by atoms with Gasteiger partial charge in [0, 0.05) is 49.8 Å². The molecule has 1 N–H and O–H groups in total. The predicted molar refractivity (Wildman–Crippen MR) is 143 cm³/mol. The van der Waals surface area contributed by atoms with Crippen molar-refractivity contribution < 1.29 is 0 Å². The van der Waals surface area contributed by atoms with Crippen molar-refractivity contribution >= 4 is 17.0 Å². The number of H-pyrrole nitrogens is 1. The Bertz CT molecular complexity index is 1430. The first-order valence-corrected chi connectivity index (χ1v) is 12.4. The van der Waals surface area contributed by atoms with E-state index in [-0.39, 0.29) is 6.04 Å². The highest BCUT2D eigenvalue weighted by Crippen LogP contribution is 2.30. The number of hydrogen-bond donors (Lipinski definition) is 1. The lowest BCUT2D eigenvalue weighted by Crippen LogP contribution is -2.48. The van der Waals surface area contributed by atoms with E-state index in [1.165, 1.54) is 11.1 Å². The minimum absolute atomic E-state index is 0.0230. The van der Waals surface area contributed by atoms with Crippen LogP contribution in [0.1, 0.15) is 23.0 Å². The third-order valence-electron chi connectivity index (χ3n) is 6.88. The highest BCUT2D eigenvalue weighted by Gasteiger charge is 2.30. The van der Waals surface area contributed by atoms with Gasteiger partial charge in [-0.1, -0.05) is 72.8 Å². The summed E-state index contributed by atoms with van der Waals surface area (Å²) < 4.78 is 1.89. The second-order valence-electron chi connectivity index (χ2n) is 9.16. The van der Waals surface area contributed by atoms with Gasteiger partial charge in [-0.15, -0.1) is 5.10 Å². The van der Waals surface area contributed by atoms with Crippen LogP contribution in [0.25, 0.3) is 22.7 Å². The largest absolute Gasteiger partial charge is 0.361 e. The SMILES string of the molecule is C(=Cc1ccccc1)CN1CCN([C@H](c2ccccc2)c2nnnn2-c2ccc3[nH]ccc3c2)CC1. The van der Waals surface area contributed by atoms with E-state index in [4.69, 9.17) is 0 Å².